The van der Waals surface area contributed by atoms with Crippen molar-refractivity contribution in [2.75, 3.05) is 44.5 Å². The van der Waals surface area contributed by atoms with E-state index in [2.05, 4.69) is 27.2 Å². The molecule has 2 unspecified atom stereocenters. The molecule has 316 valence electrons. The van der Waals surface area contributed by atoms with E-state index in [-0.39, 0.29) is 18.2 Å². The van der Waals surface area contributed by atoms with Crippen LogP contribution < -0.4 is 11.1 Å². The molecule has 14 nitrogen and oxygen atoms in total. The van der Waals surface area contributed by atoms with Crippen molar-refractivity contribution < 1.29 is 42.2 Å². The quantitative estimate of drug-likeness (QED) is 0.0372. The Morgan fingerprint density at radius 2 is 1.59 bits per heavy atom. The Labute approximate surface area is 332 Å². The number of unbranched alkanes of at least 4 members (excludes halogenated alkanes) is 13. The molecular formula is C40H66FN6O8P. The third-order valence-electron chi connectivity index (χ3n) is 10.3. The molecule has 3 heterocycles. The molecule has 0 amide bonds. The molecule has 1 aliphatic rings. The van der Waals surface area contributed by atoms with Crippen LogP contribution >= 0.6 is 7.82 Å². The van der Waals surface area contributed by atoms with Crippen molar-refractivity contribution in [3.05, 3.63) is 42.2 Å². The first-order chi connectivity index (χ1) is 27.1. The maximum absolute atomic E-state index is 16.0. The van der Waals surface area contributed by atoms with Crippen molar-refractivity contribution in [2.45, 2.75) is 153 Å². The number of ether oxygens (including phenoxy) is 3. The van der Waals surface area contributed by atoms with Gasteiger partial charge in [0.25, 0.3) is 0 Å². The van der Waals surface area contributed by atoms with Gasteiger partial charge in [0.2, 0.25) is 5.95 Å². The molecule has 16 heteroatoms. The highest BCUT2D eigenvalue weighted by molar-refractivity contribution is 7.47. The van der Waals surface area contributed by atoms with E-state index in [9.17, 15) is 14.6 Å². The Hall–Kier alpha value is -2.75. The first kappa shape index (κ1) is 45.9. The number of rotatable bonds is 30. The van der Waals surface area contributed by atoms with Crippen LogP contribution in [0.2, 0.25) is 0 Å². The molecule has 2 aromatic heterocycles. The molecule has 56 heavy (non-hydrogen) atoms. The van der Waals surface area contributed by atoms with E-state index in [0.717, 1.165) is 57.8 Å². The Bertz CT molecular complexity index is 1590. The van der Waals surface area contributed by atoms with Gasteiger partial charge in [-0.25, -0.2) is 13.9 Å². The van der Waals surface area contributed by atoms with Crippen LogP contribution in [-0.4, -0.2) is 87.0 Å². The minimum absolute atomic E-state index is 0.0662. The van der Waals surface area contributed by atoms with E-state index in [1.54, 1.807) is 7.05 Å². The average molecular weight is 809 g/mol. The minimum Gasteiger partial charge on any atom is -0.387 e. The first-order valence-electron chi connectivity index (χ1n) is 20.6. The summed E-state index contributed by atoms with van der Waals surface area (Å²) in [4.78, 5) is 23.1. The molecule has 1 saturated heterocycles. The molecule has 4 rings (SSSR count). The van der Waals surface area contributed by atoms with Crippen LogP contribution in [0, 0.1) is 0 Å². The number of halogens is 1. The van der Waals surface area contributed by atoms with Crippen molar-refractivity contribution in [1.29, 1.82) is 0 Å². The van der Waals surface area contributed by atoms with Crippen molar-refractivity contribution in [3.63, 3.8) is 0 Å². The summed E-state index contributed by atoms with van der Waals surface area (Å²) in [6, 6.07) is 9.68. The van der Waals surface area contributed by atoms with Crippen molar-refractivity contribution in [1.82, 2.24) is 19.5 Å². The van der Waals surface area contributed by atoms with E-state index in [0.29, 0.717) is 24.4 Å². The lowest BCUT2D eigenvalue weighted by molar-refractivity contribution is -0.0585. The molecule has 1 aromatic carbocycles. The largest absolute Gasteiger partial charge is 0.472 e. The van der Waals surface area contributed by atoms with E-state index < -0.39 is 44.6 Å². The summed E-state index contributed by atoms with van der Waals surface area (Å²) < 4.78 is 58.7. The zero-order valence-corrected chi connectivity index (χ0v) is 34.6. The summed E-state index contributed by atoms with van der Waals surface area (Å²) in [6.07, 6.45) is 15.1. The van der Waals surface area contributed by atoms with Gasteiger partial charge in [-0.2, -0.15) is 9.97 Å². The standard InChI is InChI=1S/C40H66FN6O8P/c1-4-5-6-7-11-14-20-25-51-26-21-15-12-9-8-10-13-19-24-32(52-27-31-22-17-16-18-23-31)28-53-56(49,50)54-29-33-35(48)40(2,41)38(55-33)47-30-44-34-36(43-3)45-39(42)46-37(34)47/h16-18,22-23,30,32-33,35,38,48H,4-15,19-21,24-29H2,1-3H3,(H,49,50)(H3,42,43,45,46)/t32-,33-,35?,38-,40-/m1/s1. The van der Waals surface area contributed by atoms with Crippen molar-refractivity contribution in [2.24, 2.45) is 0 Å². The van der Waals surface area contributed by atoms with E-state index in [1.807, 2.05) is 30.3 Å². The van der Waals surface area contributed by atoms with Gasteiger partial charge in [0.1, 0.15) is 12.2 Å². The number of phosphoric acid groups is 1. The number of hydrogen-bond acceptors (Lipinski definition) is 12. The lowest BCUT2D eigenvalue weighted by atomic mass is 9.98. The number of imidazole rings is 1. The van der Waals surface area contributed by atoms with Gasteiger partial charge < -0.3 is 35.3 Å². The predicted octanol–water partition coefficient (Wildman–Crippen LogP) is 8.43. The molecule has 1 fully saturated rings. The number of fused-ring (bicyclic) bond motifs is 1. The fourth-order valence-electron chi connectivity index (χ4n) is 6.92. The average Bonchev–Trinajstić information content (AvgIpc) is 3.70. The predicted molar refractivity (Wildman–Crippen MR) is 216 cm³/mol. The van der Waals surface area contributed by atoms with E-state index in [4.69, 9.17) is 29.0 Å². The summed E-state index contributed by atoms with van der Waals surface area (Å²) in [6.45, 7) is 4.68. The second-order valence-corrected chi connectivity index (χ2v) is 16.4. The zero-order valence-electron chi connectivity index (χ0n) is 33.7. The molecular weight excluding hydrogens is 742 g/mol. The van der Waals surface area contributed by atoms with Crippen LogP contribution in [0.1, 0.15) is 128 Å². The number of aromatic nitrogens is 4. The van der Waals surface area contributed by atoms with Crippen LogP contribution in [0.3, 0.4) is 0 Å². The smallest absolute Gasteiger partial charge is 0.387 e. The molecule has 0 saturated carbocycles. The second kappa shape index (κ2) is 24.2. The molecule has 5 N–H and O–H groups in total. The SMILES string of the molecule is CCCCCCCCCOCCCCCCCCCC[C@H](COP(=O)(O)OC[C@H]1O[C@@H](n2cnc3c(NC)nc(N)nc32)[C@](C)(F)C1O)OCc1ccccc1. The van der Waals surface area contributed by atoms with Gasteiger partial charge in [-0.05, 0) is 31.7 Å². The number of nitrogens with two attached hydrogens (primary N) is 1. The summed E-state index contributed by atoms with van der Waals surface area (Å²) in [5.74, 6) is 0.273. The number of nitrogens with zero attached hydrogens (tertiary/aromatic N) is 4. The highest BCUT2D eigenvalue weighted by atomic mass is 31.2. The number of hydrogen-bond donors (Lipinski definition) is 4. The van der Waals surface area contributed by atoms with Gasteiger partial charge in [-0.3, -0.25) is 13.6 Å². The molecule has 0 radical (unpaired) electrons. The lowest BCUT2D eigenvalue weighted by Gasteiger charge is -2.24. The first-order valence-corrected chi connectivity index (χ1v) is 22.1. The number of anilines is 2. The Balaban J connectivity index is 1.16. The van der Waals surface area contributed by atoms with Gasteiger partial charge in [0, 0.05) is 20.3 Å². The van der Waals surface area contributed by atoms with Crippen LogP contribution in [0.4, 0.5) is 16.2 Å². The van der Waals surface area contributed by atoms with Gasteiger partial charge in [0.15, 0.2) is 28.9 Å². The summed E-state index contributed by atoms with van der Waals surface area (Å²) in [7, 11) is -3.01. The highest BCUT2D eigenvalue weighted by Crippen LogP contribution is 2.47. The number of nitrogens with one attached hydrogen (secondary N) is 1. The summed E-state index contributed by atoms with van der Waals surface area (Å²) in [5, 5.41) is 13.7. The Kier molecular flexibility index (Phi) is 19.9. The fraction of sp³-hybridized carbons (Fsp3) is 0.725. The Morgan fingerprint density at radius 1 is 0.964 bits per heavy atom. The highest BCUT2D eigenvalue weighted by Gasteiger charge is 2.56. The topological polar surface area (TPSA) is 185 Å². The monoisotopic (exact) mass is 808 g/mol. The number of phosphoric ester groups is 1. The van der Waals surface area contributed by atoms with E-state index in [1.165, 1.54) is 75.1 Å². The number of aliphatic hydroxyl groups is 1. The maximum Gasteiger partial charge on any atom is 0.472 e. The maximum atomic E-state index is 16.0. The molecule has 3 aromatic rings. The van der Waals surface area contributed by atoms with Gasteiger partial charge in [0.05, 0.1) is 32.3 Å². The normalized spacial score (nSPS) is 21.4. The van der Waals surface area contributed by atoms with Crippen LogP contribution in [-0.2, 0) is 34.4 Å². The second-order valence-electron chi connectivity index (χ2n) is 15.0. The fourth-order valence-corrected chi connectivity index (χ4v) is 7.68. The summed E-state index contributed by atoms with van der Waals surface area (Å²) >= 11 is 0. The molecule has 0 spiro atoms. The van der Waals surface area contributed by atoms with Crippen molar-refractivity contribution >= 4 is 30.8 Å². The van der Waals surface area contributed by atoms with Gasteiger partial charge >= 0.3 is 7.82 Å². The number of aliphatic hydroxyl groups excluding tert-OH is 1. The zero-order chi connectivity index (χ0) is 40.2. The third kappa shape index (κ3) is 14.9. The lowest BCUT2D eigenvalue weighted by Crippen LogP contribution is -2.40. The third-order valence-corrected chi connectivity index (χ3v) is 11.2. The van der Waals surface area contributed by atoms with Crippen LogP contribution in [0.25, 0.3) is 11.2 Å². The number of benzene rings is 1. The van der Waals surface area contributed by atoms with Crippen LogP contribution in [0.5, 0.6) is 0 Å². The van der Waals surface area contributed by atoms with Gasteiger partial charge in [-0.1, -0.05) is 121 Å². The van der Waals surface area contributed by atoms with Gasteiger partial charge in [-0.15, -0.1) is 0 Å². The van der Waals surface area contributed by atoms with Crippen LogP contribution in [0.15, 0.2) is 36.7 Å². The Morgan fingerprint density at radius 3 is 2.23 bits per heavy atom. The molecule has 6 atom stereocenters. The molecule has 0 aliphatic carbocycles. The molecule has 1 aliphatic heterocycles. The number of alkyl halides is 1. The minimum atomic E-state index is -4.64. The summed E-state index contributed by atoms with van der Waals surface area (Å²) in [5.41, 5.74) is 4.98. The van der Waals surface area contributed by atoms with E-state index >= 15 is 4.39 Å². The molecule has 0 bridgehead atoms. The number of nitrogen functional groups attached to an aromatic ring is 1. The van der Waals surface area contributed by atoms with Crippen molar-refractivity contribution in [3.8, 4) is 0 Å².